The summed E-state index contributed by atoms with van der Waals surface area (Å²) in [5.74, 6) is 1.55. The zero-order valence-corrected chi connectivity index (χ0v) is 11.2. The van der Waals surface area contributed by atoms with Crippen LogP contribution in [0.1, 0.15) is 22.8 Å². The molecule has 0 saturated heterocycles. The standard InChI is InChI=1S/C16H14N2O3/c19-13-6-4-11(5-7-13)9-15-17-16(21-18-15)10-12-2-1-3-14(20)8-12/h1-8,19-20H,9-10H2. The molecule has 0 saturated carbocycles. The Morgan fingerprint density at radius 1 is 0.857 bits per heavy atom. The normalized spacial score (nSPS) is 10.7. The first-order valence-corrected chi connectivity index (χ1v) is 6.56. The average molecular weight is 282 g/mol. The van der Waals surface area contributed by atoms with Crippen LogP contribution in [0, 0.1) is 0 Å². The van der Waals surface area contributed by atoms with Crippen molar-refractivity contribution < 1.29 is 14.7 Å². The van der Waals surface area contributed by atoms with Crippen LogP contribution in [0.4, 0.5) is 0 Å². The molecular formula is C16H14N2O3. The predicted molar refractivity (Wildman–Crippen MR) is 76.1 cm³/mol. The molecule has 0 amide bonds. The Morgan fingerprint density at radius 3 is 2.43 bits per heavy atom. The fourth-order valence-electron chi connectivity index (χ4n) is 2.07. The van der Waals surface area contributed by atoms with Crippen LogP contribution in [0.5, 0.6) is 11.5 Å². The number of benzene rings is 2. The van der Waals surface area contributed by atoms with Gasteiger partial charge in [0.2, 0.25) is 5.89 Å². The van der Waals surface area contributed by atoms with Crippen LogP contribution in [-0.4, -0.2) is 20.4 Å². The second-order valence-corrected chi connectivity index (χ2v) is 4.79. The first kappa shape index (κ1) is 13.2. The monoisotopic (exact) mass is 282 g/mol. The minimum absolute atomic E-state index is 0.219. The van der Waals surface area contributed by atoms with E-state index in [0.29, 0.717) is 24.6 Å². The summed E-state index contributed by atoms with van der Waals surface area (Å²) in [5.41, 5.74) is 1.91. The first-order valence-electron chi connectivity index (χ1n) is 6.56. The zero-order valence-electron chi connectivity index (χ0n) is 11.2. The summed E-state index contributed by atoms with van der Waals surface area (Å²) < 4.78 is 5.21. The maximum atomic E-state index is 9.43. The average Bonchev–Trinajstić information content (AvgIpc) is 2.89. The van der Waals surface area contributed by atoms with Crippen LogP contribution >= 0.6 is 0 Å². The summed E-state index contributed by atoms with van der Waals surface area (Å²) in [6.07, 6.45) is 1.03. The molecular weight excluding hydrogens is 268 g/mol. The van der Waals surface area contributed by atoms with E-state index in [0.717, 1.165) is 11.1 Å². The van der Waals surface area contributed by atoms with Gasteiger partial charge in [0.05, 0.1) is 6.42 Å². The van der Waals surface area contributed by atoms with Crippen LogP contribution in [0.2, 0.25) is 0 Å². The molecule has 0 aliphatic heterocycles. The van der Waals surface area contributed by atoms with Crippen LogP contribution in [-0.2, 0) is 12.8 Å². The minimum atomic E-state index is 0.219. The van der Waals surface area contributed by atoms with Gasteiger partial charge in [-0.05, 0) is 35.4 Å². The molecule has 0 fully saturated rings. The zero-order chi connectivity index (χ0) is 14.7. The Kier molecular flexibility index (Phi) is 3.55. The third-order valence-electron chi connectivity index (χ3n) is 3.07. The van der Waals surface area contributed by atoms with E-state index in [9.17, 15) is 10.2 Å². The molecule has 0 unspecified atom stereocenters. The summed E-state index contributed by atoms with van der Waals surface area (Å²) in [5, 5.41) is 22.6. The van der Waals surface area contributed by atoms with Crippen molar-refractivity contribution in [3.05, 3.63) is 71.4 Å². The Labute approximate surface area is 121 Å². The third kappa shape index (κ3) is 3.39. The van der Waals surface area contributed by atoms with Crippen molar-refractivity contribution >= 4 is 0 Å². The maximum absolute atomic E-state index is 9.43. The second kappa shape index (κ2) is 5.66. The van der Waals surface area contributed by atoms with Gasteiger partial charge in [0.15, 0.2) is 5.82 Å². The maximum Gasteiger partial charge on any atom is 0.231 e. The number of aromatic hydroxyl groups is 2. The Balaban J connectivity index is 1.70. The highest BCUT2D eigenvalue weighted by molar-refractivity contribution is 5.29. The van der Waals surface area contributed by atoms with Gasteiger partial charge in [-0.3, -0.25) is 0 Å². The fourth-order valence-corrected chi connectivity index (χ4v) is 2.07. The Hall–Kier alpha value is -2.82. The fraction of sp³-hybridized carbons (Fsp3) is 0.125. The van der Waals surface area contributed by atoms with E-state index in [1.54, 1.807) is 30.3 Å². The van der Waals surface area contributed by atoms with Gasteiger partial charge in [0.1, 0.15) is 11.5 Å². The quantitative estimate of drug-likeness (QED) is 0.769. The Morgan fingerprint density at radius 2 is 1.67 bits per heavy atom. The molecule has 1 heterocycles. The highest BCUT2D eigenvalue weighted by atomic mass is 16.5. The highest BCUT2D eigenvalue weighted by Gasteiger charge is 2.08. The summed E-state index contributed by atoms with van der Waals surface area (Å²) in [7, 11) is 0. The van der Waals surface area contributed by atoms with Gasteiger partial charge in [0, 0.05) is 6.42 Å². The lowest BCUT2D eigenvalue weighted by Crippen LogP contribution is -1.92. The molecule has 21 heavy (non-hydrogen) atoms. The van der Waals surface area contributed by atoms with Crippen LogP contribution < -0.4 is 0 Å². The molecule has 0 aliphatic carbocycles. The molecule has 5 heteroatoms. The molecule has 0 spiro atoms. The van der Waals surface area contributed by atoms with Crippen molar-refractivity contribution in [2.24, 2.45) is 0 Å². The van der Waals surface area contributed by atoms with E-state index < -0.39 is 0 Å². The summed E-state index contributed by atoms with van der Waals surface area (Å²) in [6.45, 7) is 0. The first-order chi connectivity index (χ1) is 10.2. The number of phenols is 2. The van der Waals surface area contributed by atoms with E-state index in [-0.39, 0.29) is 11.5 Å². The molecule has 2 aromatic carbocycles. The summed E-state index contributed by atoms with van der Waals surface area (Å²) in [6, 6.07) is 13.9. The molecule has 3 rings (SSSR count). The van der Waals surface area contributed by atoms with Crippen molar-refractivity contribution in [1.82, 2.24) is 10.1 Å². The number of hydrogen-bond acceptors (Lipinski definition) is 5. The SMILES string of the molecule is Oc1ccc(Cc2noc(Cc3cccc(O)c3)n2)cc1. The van der Waals surface area contributed by atoms with Crippen LogP contribution in [0.25, 0.3) is 0 Å². The predicted octanol–water partition coefficient (Wildman–Crippen LogP) is 2.66. The molecule has 3 aromatic rings. The number of nitrogens with zero attached hydrogens (tertiary/aromatic N) is 2. The van der Waals surface area contributed by atoms with Gasteiger partial charge in [-0.1, -0.05) is 29.4 Å². The van der Waals surface area contributed by atoms with E-state index in [2.05, 4.69) is 10.1 Å². The van der Waals surface area contributed by atoms with Gasteiger partial charge in [-0.15, -0.1) is 0 Å². The second-order valence-electron chi connectivity index (χ2n) is 4.79. The van der Waals surface area contributed by atoms with Crippen molar-refractivity contribution in [2.75, 3.05) is 0 Å². The van der Waals surface area contributed by atoms with Crippen LogP contribution in [0.3, 0.4) is 0 Å². The van der Waals surface area contributed by atoms with Crippen LogP contribution in [0.15, 0.2) is 53.1 Å². The van der Waals surface area contributed by atoms with Gasteiger partial charge >= 0.3 is 0 Å². The molecule has 0 bridgehead atoms. The van der Waals surface area contributed by atoms with Crippen molar-refractivity contribution in [3.63, 3.8) is 0 Å². The number of phenolic OH excluding ortho intramolecular Hbond substituents is 2. The van der Waals surface area contributed by atoms with Crippen molar-refractivity contribution in [3.8, 4) is 11.5 Å². The van der Waals surface area contributed by atoms with Gasteiger partial charge in [-0.2, -0.15) is 4.98 Å². The lowest BCUT2D eigenvalue weighted by atomic mass is 10.1. The Bertz CT molecular complexity index is 735. The summed E-state index contributed by atoms with van der Waals surface area (Å²) in [4.78, 5) is 4.33. The van der Waals surface area contributed by atoms with Gasteiger partial charge < -0.3 is 14.7 Å². The molecule has 106 valence electrons. The molecule has 0 atom stereocenters. The van der Waals surface area contributed by atoms with E-state index in [4.69, 9.17) is 4.52 Å². The lowest BCUT2D eigenvalue weighted by molar-refractivity contribution is 0.380. The van der Waals surface area contributed by atoms with Gasteiger partial charge in [-0.25, -0.2) is 0 Å². The number of aromatic nitrogens is 2. The molecule has 5 nitrogen and oxygen atoms in total. The van der Waals surface area contributed by atoms with E-state index >= 15 is 0 Å². The minimum Gasteiger partial charge on any atom is -0.508 e. The number of hydrogen-bond donors (Lipinski definition) is 2. The topological polar surface area (TPSA) is 79.4 Å². The van der Waals surface area contributed by atoms with Crippen molar-refractivity contribution in [2.45, 2.75) is 12.8 Å². The third-order valence-corrected chi connectivity index (χ3v) is 3.07. The number of rotatable bonds is 4. The smallest absolute Gasteiger partial charge is 0.231 e. The van der Waals surface area contributed by atoms with Crippen molar-refractivity contribution in [1.29, 1.82) is 0 Å². The molecule has 0 radical (unpaired) electrons. The lowest BCUT2D eigenvalue weighted by Gasteiger charge is -1.97. The largest absolute Gasteiger partial charge is 0.508 e. The molecule has 1 aromatic heterocycles. The van der Waals surface area contributed by atoms with Gasteiger partial charge in [0.25, 0.3) is 0 Å². The van der Waals surface area contributed by atoms with E-state index in [1.165, 1.54) is 0 Å². The highest BCUT2D eigenvalue weighted by Crippen LogP contribution is 2.16. The molecule has 0 aliphatic rings. The summed E-state index contributed by atoms with van der Waals surface area (Å²) >= 11 is 0. The molecule has 2 N–H and O–H groups in total. The van der Waals surface area contributed by atoms with E-state index in [1.807, 2.05) is 18.2 Å².